The first kappa shape index (κ1) is 20.0. The molecule has 5 nitrogen and oxygen atoms in total. The molecule has 0 saturated heterocycles. The molecule has 2 aliphatic heterocycles. The smallest absolute Gasteiger partial charge is 0.268 e. The predicted molar refractivity (Wildman–Crippen MR) is 115 cm³/mol. The molecule has 1 N–H and O–H groups in total. The molecular weight excluding hydrogens is 428 g/mol. The van der Waals surface area contributed by atoms with Crippen molar-refractivity contribution in [1.29, 1.82) is 0 Å². The van der Waals surface area contributed by atoms with Crippen molar-refractivity contribution in [3.05, 3.63) is 89.5 Å². The maximum atomic E-state index is 14.8. The highest BCUT2D eigenvalue weighted by atomic mass is 19.3. The van der Waals surface area contributed by atoms with Crippen molar-refractivity contribution in [1.82, 2.24) is 5.32 Å². The van der Waals surface area contributed by atoms with E-state index in [-0.39, 0.29) is 12.9 Å². The van der Waals surface area contributed by atoms with Crippen molar-refractivity contribution in [2.24, 2.45) is 5.92 Å². The van der Waals surface area contributed by atoms with E-state index in [1.165, 1.54) is 0 Å². The molecule has 3 aliphatic rings. The number of hydrogen-bond acceptors (Lipinski definition) is 4. The largest absolute Gasteiger partial charge is 0.485 e. The number of para-hydroxylation sites is 1. The molecule has 0 bridgehead atoms. The molecule has 6 rings (SSSR count). The van der Waals surface area contributed by atoms with Gasteiger partial charge < -0.3 is 19.5 Å². The van der Waals surface area contributed by atoms with Crippen molar-refractivity contribution >= 4 is 5.91 Å². The van der Waals surface area contributed by atoms with E-state index in [1.54, 1.807) is 18.2 Å². The van der Waals surface area contributed by atoms with Gasteiger partial charge in [0, 0.05) is 12.0 Å². The summed E-state index contributed by atoms with van der Waals surface area (Å²) in [6.07, 6.45) is 0.176. The Labute approximate surface area is 189 Å². The van der Waals surface area contributed by atoms with Gasteiger partial charge >= 0.3 is 0 Å². The number of ether oxygens (including phenoxy) is 3. The van der Waals surface area contributed by atoms with Gasteiger partial charge in [-0.3, -0.25) is 4.79 Å². The van der Waals surface area contributed by atoms with Crippen LogP contribution < -0.4 is 19.5 Å². The van der Waals surface area contributed by atoms with E-state index in [0.717, 1.165) is 11.1 Å². The molecule has 4 atom stereocenters. The molecule has 3 aromatic carbocycles. The molecular formula is C26H21F2NO4. The lowest BCUT2D eigenvalue weighted by Crippen LogP contribution is -2.35. The summed E-state index contributed by atoms with van der Waals surface area (Å²) in [4.78, 5) is 13.1. The first-order valence-electron chi connectivity index (χ1n) is 10.9. The number of hydrogen-bond donors (Lipinski definition) is 1. The number of nitrogens with one attached hydrogen (secondary N) is 1. The summed E-state index contributed by atoms with van der Waals surface area (Å²) in [6, 6.07) is 21.4. The topological polar surface area (TPSA) is 56.8 Å². The Balaban J connectivity index is 1.24. The fourth-order valence-electron chi connectivity index (χ4n) is 4.86. The van der Waals surface area contributed by atoms with E-state index in [9.17, 15) is 13.6 Å². The molecule has 0 spiro atoms. The molecule has 4 unspecified atom stereocenters. The highest BCUT2D eigenvalue weighted by Gasteiger charge is 2.72. The third-order valence-electron chi connectivity index (χ3n) is 6.59. The standard InChI is InChI=1S/C26H21F2NO4/c27-26(28)23(16-10-11-20-22(12-16)32-14-31-20)24(26)25(30)29-18-13-21(15-6-2-1-3-7-15)33-19-9-5-4-8-17(18)19/h1-12,18,21,23-24H,13-14H2,(H,29,30). The van der Waals surface area contributed by atoms with Gasteiger partial charge in [0.05, 0.1) is 12.0 Å². The lowest BCUT2D eigenvalue weighted by atomic mass is 9.92. The van der Waals surface area contributed by atoms with E-state index in [1.807, 2.05) is 54.6 Å². The molecule has 0 radical (unpaired) electrons. The summed E-state index contributed by atoms with van der Waals surface area (Å²) < 4.78 is 46.3. The molecule has 0 aromatic heterocycles. The number of carbonyl (C=O) groups is 1. The van der Waals surface area contributed by atoms with Gasteiger partial charge in [0.15, 0.2) is 11.5 Å². The van der Waals surface area contributed by atoms with Gasteiger partial charge in [-0.2, -0.15) is 0 Å². The van der Waals surface area contributed by atoms with Crippen molar-refractivity contribution < 1.29 is 27.8 Å². The lowest BCUT2D eigenvalue weighted by Gasteiger charge is -2.33. The quantitative estimate of drug-likeness (QED) is 0.599. The zero-order valence-electron chi connectivity index (χ0n) is 17.5. The van der Waals surface area contributed by atoms with E-state index < -0.39 is 29.7 Å². The van der Waals surface area contributed by atoms with Crippen LogP contribution in [0.15, 0.2) is 72.8 Å². The van der Waals surface area contributed by atoms with Crippen LogP contribution in [-0.2, 0) is 4.79 Å². The lowest BCUT2D eigenvalue weighted by molar-refractivity contribution is -0.125. The van der Waals surface area contributed by atoms with Crippen LogP contribution in [0.2, 0.25) is 0 Å². The molecule has 3 aromatic rings. The molecule has 1 amide bonds. The molecule has 1 fully saturated rings. The first-order valence-corrected chi connectivity index (χ1v) is 10.9. The summed E-state index contributed by atoms with van der Waals surface area (Å²) in [5, 5.41) is 2.89. The van der Waals surface area contributed by atoms with Gasteiger partial charge in [-0.25, -0.2) is 8.78 Å². The second-order valence-corrected chi connectivity index (χ2v) is 8.59. The summed E-state index contributed by atoms with van der Waals surface area (Å²) >= 11 is 0. The molecule has 2 heterocycles. The van der Waals surface area contributed by atoms with Gasteiger partial charge in [-0.15, -0.1) is 0 Å². The van der Waals surface area contributed by atoms with Crippen molar-refractivity contribution in [3.63, 3.8) is 0 Å². The van der Waals surface area contributed by atoms with E-state index in [0.29, 0.717) is 29.2 Å². The minimum atomic E-state index is -3.12. The Morgan fingerprint density at radius 3 is 2.48 bits per heavy atom. The van der Waals surface area contributed by atoms with Crippen LogP contribution in [0.1, 0.15) is 41.2 Å². The molecule has 1 aliphatic carbocycles. The normalized spacial score (nSPS) is 26.1. The zero-order valence-corrected chi connectivity index (χ0v) is 17.5. The van der Waals surface area contributed by atoms with Gasteiger partial charge in [0.25, 0.3) is 5.92 Å². The molecule has 168 valence electrons. The summed E-state index contributed by atoms with van der Waals surface area (Å²) in [5.74, 6) is -4.79. The minimum Gasteiger partial charge on any atom is -0.485 e. The number of benzene rings is 3. The summed E-state index contributed by atoms with van der Waals surface area (Å²) in [5.41, 5.74) is 2.14. The molecule has 7 heteroatoms. The van der Waals surface area contributed by atoms with E-state index >= 15 is 0 Å². The van der Waals surface area contributed by atoms with Crippen LogP contribution in [0.5, 0.6) is 17.2 Å². The monoisotopic (exact) mass is 449 g/mol. The number of rotatable bonds is 4. The minimum absolute atomic E-state index is 0.0650. The maximum absolute atomic E-state index is 14.8. The van der Waals surface area contributed by atoms with Crippen LogP contribution in [0.25, 0.3) is 0 Å². The van der Waals surface area contributed by atoms with Crippen molar-refractivity contribution in [2.45, 2.75) is 30.4 Å². The fraction of sp³-hybridized carbons (Fsp3) is 0.269. The van der Waals surface area contributed by atoms with Crippen LogP contribution in [0.4, 0.5) is 8.78 Å². The Bertz CT molecular complexity index is 1220. The SMILES string of the molecule is O=C(NC1CC(c2ccccc2)Oc2ccccc21)C1C(c2ccc3c(c2)OCO3)C1(F)F. The second-order valence-electron chi connectivity index (χ2n) is 8.59. The predicted octanol–water partition coefficient (Wildman–Crippen LogP) is 5.15. The number of alkyl halides is 2. The first-order chi connectivity index (χ1) is 16.0. The zero-order chi connectivity index (χ0) is 22.6. The van der Waals surface area contributed by atoms with E-state index in [4.69, 9.17) is 14.2 Å². The average Bonchev–Trinajstić information content (AvgIpc) is 3.15. The Morgan fingerprint density at radius 1 is 0.879 bits per heavy atom. The molecule has 33 heavy (non-hydrogen) atoms. The third-order valence-corrected chi connectivity index (χ3v) is 6.59. The Hall–Kier alpha value is -3.61. The second kappa shape index (κ2) is 7.47. The summed E-state index contributed by atoms with van der Waals surface area (Å²) in [7, 11) is 0. The van der Waals surface area contributed by atoms with Crippen LogP contribution in [0.3, 0.4) is 0 Å². The highest BCUT2D eigenvalue weighted by Crippen LogP contribution is 2.62. The summed E-state index contributed by atoms with van der Waals surface area (Å²) in [6.45, 7) is 0.0650. The van der Waals surface area contributed by atoms with Gasteiger partial charge in [0.1, 0.15) is 17.8 Å². The number of halogens is 2. The molecule has 1 saturated carbocycles. The van der Waals surface area contributed by atoms with Gasteiger partial charge in [-0.1, -0.05) is 54.6 Å². The van der Waals surface area contributed by atoms with Crippen molar-refractivity contribution in [2.75, 3.05) is 6.79 Å². The van der Waals surface area contributed by atoms with Crippen LogP contribution >= 0.6 is 0 Å². The number of fused-ring (bicyclic) bond motifs is 2. The van der Waals surface area contributed by atoms with Gasteiger partial charge in [-0.05, 0) is 29.3 Å². The van der Waals surface area contributed by atoms with Gasteiger partial charge in [0.2, 0.25) is 12.7 Å². The highest BCUT2D eigenvalue weighted by molar-refractivity contribution is 5.86. The number of amides is 1. The van der Waals surface area contributed by atoms with Crippen LogP contribution in [-0.4, -0.2) is 18.6 Å². The Morgan fingerprint density at radius 2 is 1.64 bits per heavy atom. The van der Waals surface area contributed by atoms with E-state index in [2.05, 4.69) is 5.32 Å². The Kier molecular flexibility index (Phi) is 4.54. The number of carbonyl (C=O) groups excluding carboxylic acids is 1. The third kappa shape index (κ3) is 3.39. The fourth-order valence-corrected chi connectivity index (χ4v) is 4.86. The van der Waals surface area contributed by atoms with Crippen LogP contribution in [0, 0.1) is 5.92 Å². The average molecular weight is 449 g/mol. The van der Waals surface area contributed by atoms with Crippen molar-refractivity contribution in [3.8, 4) is 17.2 Å². The maximum Gasteiger partial charge on any atom is 0.268 e.